The van der Waals surface area contributed by atoms with E-state index in [2.05, 4.69) is 0 Å². The number of carboxylic acids is 2. The minimum atomic E-state index is -0.856. The molecule has 7 nitrogen and oxygen atoms in total. The minimum Gasteiger partial charge on any atom is -0.494 e. The van der Waals surface area contributed by atoms with Crippen molar-refractivity contribution in [2.24, 2.45) is 0 Å². The van der Waals surface area contributed by atoms with Crippen molar-refractivity contribution in [1.82, 2.24) is 4.57 Å². The van der Waals surface area contributed by atoms with E-state index in [0.29, 0.717) is 32.6 Å². The molecule has 0 aliphatic heterocycles. The standard InChI is InChI=1S/C33H35NO6/c35-31(36)13-7-9-27-24-34(21-20-32(37)38)33-26(8-6-12-30(27)33)17-14-25-15-18-29(19-16-25)40-23-5-4-22-39-28-10-2-1-3-11-28/h1-3,6,8,10-12,14-19,24H,4-5,7,9,13,20-23H2,(H,35,36)(H,37,38). The predicted molar refractivity (Wildman–Crippen MR) is 157 cm³/mol. The molecule has 3 aromatic carbocycles. The van der Waals surface area contributed by atoms with Gasteiger partial charge in [-0.15, -0.1) is 0 Å². The van der Waals surface area contributed by atoms with Crippen molar-refractivity contribution >= 4 is 35.0 Å². The molecule has 0 aliphatic rings. The minimum absolute atomic E-state index is 0.0118. The highest BCUT2D eigenvalue weighted by Crippen LogP contribution is 2.28. The number of hydrogen-bond donors (Lipinski definition) is 2. The normalized spacial score (nSPS) is 11.2. The summed E-state index contributed by atoms with van der Waals surface area (Å²) in [5.74, 6) is 0.0259. The Labute approximate surface area is 234 Å². The van der Waals surface area contributed by atoms with Crippen molar-refractivity contribution in [3.8, 4) is 11.5 Å². The first kappa shape index (κ1) is 28.5. The first-order valence-electron chi connectivity index (χ1n) is 13.6. The first-order chi connectivity index (χ1) is 19.5. The van der Waals surface area contributed by atoms with Crippen LogP contribution in [0.15, 0.2) is 79.0 Å². The lowest BCUT2D eigenvalue weighted by Gasteiger charge is -2.08. The summed E-state index contributed by atoms with van der Waals surface area (Å²) in [6.45, 7) is 1.63. The Bertz CT molecular complexity index is 1420. The molecule has 2 N–H and O–H groups in total. The highest BCUT2D eigenvalue weighted by molar-refractivity contribution is 5.93. The van der Waals surface area contributed by atoms with Gasteiger partial charge in [-0.25, -0.2) is 0 Å². The second-order valence-corrected chi connectivity index (χ2v) is 9.60. The molecule has 0 unspecified atom stereocenters. The lowest BCUT2D eigenvalue weighted by molar-refractivity contribution is -0.138. The van der Waals surface area contributed by atoms with Crippen LogP contribution in [0.2, 0.25) is 0 Å². The number of nitrogens with zero attached hydrogens (tertiary/aromatic N) is 1. The third-order valence-electron chi connectivity index (χ3n) is 6.57. The van der Waals surface area contributed by atoms with E-state index >= 15 is 0 Å². The van der Waals surface area contributed by atoms with Crippen LogP contribution in [0.4, 0.5) is 0 Å². The monoisotopic (exact) mass is 541 g/mol. The summed E-state index contributed by atoms with van der Waals surface area (Å²) in [5, 5.41) is 19.3. The molecule has 0 amide bonds. The van der Waals surface area contributed by atoms with Gasteiger partial charge in [0.1, 0.15) is 11.5 Å². The molecule has 0 bridgehead atoms. The van der Waals surface area contributed by atoms with Crippen molar-refractivity contribution in [3.05, 3.63) is 95.7 Å². The van der Waals surface area contributed by atoms with Crippen molar-refractivity contribution in [2.75, 3.05) is 13.2 Å². The molecule has 1 heterocycles. The number of para-hydroxylation sites is 2. The van der Waals surface area contributed by atoms with Gasteiger partial charge in [-0.3, -0.25) is 9.59 Å². The maximum Gasteiger partial charge on any atom is 0.305 e. The summed E-state index contributed by atoms with van der Waals surface area (Å²) in [5.41, 5.74) is 3.99. The topological polar surface area (TPSA) is 98.0 Å². The second kappa shape index (κ2) is 14.6. The van der Waals surface area contributed by atoms with Crippen molar-refractivity contribution in [3.63, 3.8) is 0 Å². The summed E-state index contributed by atoms with van der Waals surface area (Å²) in [7, 11) is 0. The van der Waals surface area contributed by atoms with E-state index in [1.54, 1.807) is 0 Å². The molecule has 0 spiro atoms. The lowest BCUT2D eigenvalue weighted by atomic mass is 10.0. The molecule has 1 aromatic heterocycles. The Balaban J connectivity index is 1.36. The van der Waals surface area contributed by atoms with E-state index < -0.39 is 11.9 Å². The van der Waals surface area contributed by atoms with Crippen LogP contribution in [-0.4, -0.2) is 39.9 Å². The number of benzene rings is 3. The van der Waals surface area contributed by atoms with Crippen LogP contribution >= 0.6 is 0 Å². The van der Waals surface area contributed by atoms with Gasteiger partial charge in [0, 0.05) is 24.5 Å². The van der Waals surface area contributed by atoms with Gasteiger partial charge in [0.2, 0.25) is 0 Å². The Morgan fingerprint density at radius 3 is 2.08 bits per heavy atom. The van der Waals surface area contributed by atoms with Gasteiger partial charge >= 0.3 is 11.9 Å². The van der Waals surface area contributed by atoms with Crippen LogP contribution in [0.3, 0.4) is 0 Å². The molecule has 4 aromatic rings. The largest absolute Gasteiger partial charge is 0.494 e. The third kappa shape index (κ3) is 8.50. The van der Waals surface area contributed by atoms with Crippen LogP contribution in [0.5, 0.6) is 11.5 Å². The molecule has 4 rings (SSSR count). The van der Waals surface area contributed by atoms with Gasteiger partial charge in [-0.1, -0.05) is 60.7 Å². The second-order valence-electron chi connectivity index (χ2n) is 9.60. The zero-order valence-electron chi connectivity index (χ0n) is 22.5. The van der Waals surface area contributed by atoms with Gasteiger partial charge in [-0.2, -0.15) is 0 Å². The van der Waals surface area contributed by atoms with E-state index in [1.165, 1.54) is 0 Å². The van der Waals surface area contributed by atoms with Gasteiger partial charge in [0.05, 0.1) is 25.2 Å². The lowest BCUT2D eigenvalue weighted by Crippen LogP contribution is -2.04. The smallest absolute Gasteiger partial charge is 0.305 e. The van der Waals surface area contributed by atoms with Crippen LogP contribution in [0, 0.1) is 0 Å². The van der Waals surface area contributed by atoms with E-state index in [4.69, 9.17) is 14.6 Å². The van der Waals surface area contributed by atoms with Crippen LogP contribution < -0.4 is 9.47 Å². The molecule has 0 saturated carbocycles. The molecule has 0 aliphatic carbocycles. The Hall–Kier alpha value is -4.52. The number of ether oxygens (including phenoxy) is 2. The summed E-state index contributed by atoms with van der Waals surface area (Å²) in [6, 6.07) is 23.7. The van der Waals surface area contributed by atoms with Gasteiger partial charge in [0.25, 0.3) is 0 Å². The van der Waals surface area contributed by atoms with Gasteiger partial charge in [-0.05, 0) is 66.6 Å². The fourth-order valence-corrected chi connectivity index (χ4v) is 4.58. The van der Waals surface area contributed by atoms with Crippen molar-refractivity contribution in [2.45, 2.75) is 45.1 Å². The Morgan fingerprint density at radius 2 is 1.40 bits per heavy atom. The molecule has 0 saturated heterocycles. The summed E-state index contributed by atoms with van der Waals surface area (Å²) in [4.78, 5) is 22.2. The zero-order chi connectivity index (χ0) is 28.2. The summed E-state index contributed by atoms with van der Waals surface area (Å²) < 4.78 is 13.6. The summed E-state index contributed by atoms with van der Waals surface area (Å²) >= 11 is 0. The van der Waals surface area contributed by atoms with Crippen molar-refractivity contribution in [1.29, 1.82) is 0 Å². The number of carbonyl (C=O) groups is 2. The molecule has 0 radical (unpaired) electrons. The fraction of sp³-hybridized carbons (Fsp3) is 0.273. The van der Waals surface area contributed by atoms with E-state index in [9.17, 15) is 14.7 Å². The zero-order valence-corrected chi connectivity index (χ0v) is 22.5. The fourth-order valence-electron chi connectivity index (χ4n) is 4.58. The first-order valence-corrected chi connectivity index (χ1v) is 13.6. The number of aryl methyl sites for hydroxylation is 2. The van der Waals surface area contributed by atoms with E-state index in [1.807, 2.05) is 95.7 Å². The third-order valence-corrected chi connectivity index (χ3v) is 6.57. The van der Waals surface area contributed by atoms with Crippen LogP contribution in [0.25, 0.3) is 23.1 Å². The van der Waals surface area contributed by atoms with E-state index in [0.717, 1.165) is 51.9 Å². The van der Waals surface area contributed by atoms with Crippen molar-refractivity contribution < 1.29 is 29.3 Å². The van der Waals surface area contributed by atoms with Gasteiger partial charge < -0.3 is 24.3 Å². The number of unbranched alkanes of at least 4 members (excludes halogenated alkanes) is 1. The van der Waals surface area contributed by atoms with Gasteiger partial charge in [0.15, 0.2) is 0 Å². The molecular weight excluding hydrogens is 506 g/mol. The molecule has 7 heteroatoms. The highest BCUT2D eigenvalue weighted by atomic mass is 16.5. The maximum atomic E-state index is 11.2. The quantitative estimate of drug-likeness (QED) is 0.118. The predicted octanol–water partition coefficient (Wildman–Crippen LogP) is 6.93. The van der Waals surface area contributed by atoms with Crippen LogP contribution in [0.1, 0.15) is 48.8 Å². The number of carboxylic acid groups (broad SMARTS) is 2. The SMILES string of the molecule is O=C(O)CCCc1cn(CCC(=O)O)c2c(C=Cc3ccc(OCCCCOc4ccccc4)cc3)cccc12. The average molecular weight is 542 g/mol. The Kier molecular flexibility index (Phi) is 10.4. The molecule has 208 valence electrons. The number of aliphatic carboxylic acids is 2. The number of aromatic nitrogens is 1. The molecule has 0 atom stereocenters. The summed E-state index contributed by atoms with van der Waals surface area (Å²) in [6.07, 6.45) is 9.10. The number of rotatable bonds is 16. The highest BCUT2D eigenvalue weighted by Gasteiger charge is 2.13. The molecule has 40 heavy (non-hydrogen) atoms. The van der Waals surface area contributed by atoms with E-state index in [-0.39, 0.29) is 12.8 Å². The average Bonchev–Trinajstić information content (AvgIpc) is 3.31. The molecular formula is C33H35NO6. The maximum absolute atomic E-state index is 11.2. The Morgan fingerprint density at radius 1 is 0.725 bits per heavy atom. The van der Waals surface area contributed by atoms with Crippen LogP contribution in [-0.2, 0) is 22.6 Å². The number of hydrogen-bond acceptors (Lipinski definition) is 4. The molecule has 0 fully saturated rings. The number of fused-ring (bicyclic) bond motifs is 1.